The lowest BCUT2D eigenvalue weighted by molar-refractivity contribution is 0.103. The molecule has 0 bridgehead atoms. The summed E-state index contributed by atoms with van der Waals surface area (Å²) in [5.74, 6) is -4.25. The monoisotopic (exact) mass is 609 g/mol. The zero-order valence-electron chi connectivity index (χ0n) is 20.1. The van der Waals surface area contributed by atoms with Crippen molar-refractivity contribution in [3.63, 3.8) is 0 Å². The van der Waals surface area contributed by atoms with Crippen LogP contribution in [0.25, 0.3) is 16.6 Å². The Bertz CT molecular complexity index is 1920. The van der Waals surface area contributed by atoms with Crippen molar-refractivity contribution in [2.24, 2.45) is 0 Å². The first kappa shape index (κ1) is 27.4. The summed E-state index contributed by atoms with van der Waals surface area (Å²) >= 11 is 12.8. The van der Waals surface area contributed by atoms with Gasteiger partial charge in [0.2, 0.25) is 21.6 Å². The Morgan fingerprint density at radius 2 is 1.77 bits per heavy atom. The van der Waals surface area contributed by atoms with Crippen LogP contribution in [0, 0.1) is 17.5 Å². The number of nitrogens with two attached hydrogens (primary N) is 1. The highest BCUT2D eigenvalue weighted by atomic mass is 35.5. The normalized spacial score (nSPS) is 11.7. The molecule has 0 saturated carbocycles. The predicted molar refractivity (Wildman–Crippen MR) is 145 cm³/mol. The molecule has 2 aromatic heterocycles. The molecule has 0 radical (unpaired) electrons. The second kappa shape index (κ2) is 10.1. The lowest BCUT2D eigenvalue weighted by atomic mass is 10.1. The minimum atomic E-state index is -3.74. The van der Waals surface area contributed by atoms with Gasteiger partial charge >= 0.3 is 0 Å². The smallest absolute Gasteiger partial charge is 0.229 e. The maximum Gasteiger partial charge on any atom is 0.229 e. The van der Waals surface area contributed by atoms with Gasteiger partial charge in [-0.05, 0) is 30.3 Å². The van der Waals surface area contributed by atoms with Crippen LogP contribution in [-0.4, -0.2) is 35.2 Å². The minimum absolute atomic E-state index is 0.000294. The van der Waals surface area contributed by atoms with Crippen molar-refractivity contribution in [3.8, 4) is 17.2 Å². The largest absolute Gasteiger partial charge is 0.454 e. The van der Waals surface area contributed by atoms with Gasteiger partial charge in [0.25, 0.3) is 0 Å². The van der Waals surface area contributed by atoms with E-state index in [-0.39, 0.29) is 50.0 Å². The first-order chi connectivity index (χ1) is 18.8. The molecule has 40 heavy (non-hydrogen) atoms. The fourth-order valence-electron chi connectivity index (χ4n) is 3.90. The molecule has 3 aromatic carbocycles. The molecule has 206 valence electrons. The van der Waals surface area contributed by atoms with E-state index < -0.39 is 33.3 Å². The van der Waals surface area contributed by atoms with E-state index in [2.05, 4.69) is 14.8 Å². The quantitative estimate of drug-likeness (QED) is 0.192. The number of hydrogen-bond acceptors (Lipinski definition) is 6. The van der Waals surface area contributed by atoms with Gasteiger partial charge in [0.15, 0.2) is 11.6 Å². The first-order valence-corrected chi connectivity index (χ1v) is 13.8. The summed E-state index contributed by atoms with van der Waals surface area (Å²) in [6.45, 7) is 0. The lowest BCUT2D eigenvalue weighted by Crippen LogP contribution is -2.10. The molecule has 4 N–H and O–H groups in total. The van der Waals surface area contributed by atoms with Gasteiger partial charge in [-0.2, -0.15) is 9.49 Å². The molecule has 2 heterocycles. The minimum Gasteiger partial charge on any atom is -0.454 e. The molecule has 5 aromatic rings. The van der Waals surface area contributed by atoms with Crippen LogP contribution < -0.4 is 15.2 Å². The third kappa shape index (κ3) is 5.18. The van der Waals surface area contributed by atoms with Crippen molar-refractivity contribution >= 4 is 61.4 Å². The number of benzene rings is 3. The SMILES string of the molecule is CS(=O)(=O)Nc1cc2[nH]c(C(=O)c3cnn(-c4c(Cl)cc(Oc5cccc(F)c5F)cc4Cl)c3N)cc2cc1F. The maximum absolute atomic E-state index is 14.4. The number of carbonyl (C=O) groups excluding carboxylic acids is 1. The molecule has 0 spiro atoms. The van der Waals surface area contributed by atoms with E-state index in [4.69, 9.17) is 33.7 Å². The number of aromatic amines is 1. The van der Waals surface area contributed by atoms with Gasteiger partial charge in [0.1, 0.15) is 23.1 Å². The Kier molecular flexibility index (Phi) is 6.90. The lowest BCUT2D eigenvalue weighted by Gasteiger charge is -2.13. The van der Waals surface area contributed by atoms with E-state index in [1.807, 2.05) is 0 Å². The van der Waals surface area contributed by atoms with Crippen molar-refractivity contribution in [1.82, 2.24) is 14.8 Å². The summed E-state index contributed by atoms with van der Waals surface area (Å²) in [6.07, 6.45) is 2.06. The van der Waals surface area contributed by atoms with Crippen LogP contribution in [0.1, 0.15) is 16.1 Å². The summed E-state index contributed by atoms with van der Waals surface area (Å²) in [6, 6.07) is 9.65. The fraction of sp³-hybridized carbons (Fsp3) is 0.0400. The molecule has 15 heteroatoms. The summed E-state index contributed by atoms with van der Waals surface area (Å²) in [4.78, 5) is 16.1. The van der Waals surface area contributed by atoms with Gasteiger partial charge in [-0.3, -0.25) is 9.52 Å². The molecule has 0 unspecified atom stereocenters. The molecule has 0 aliphatic carbocycles. The van der Waals surface area contributed by atoms with Crippen LogP contribution in [-0.2, 0) is 10.0 Å². The van der Waals surface area contributed by atoms with E-state index in [1.54, 1.807) is 0 Å². The fourth-order valence-corrected chi connectivity index (χ4v) is 5.09. The van der Waals surface area contributed by atoms with E-state index in [1.165, 1.54) is 42.6 Å². The summed E-state index contributed by atoms with van der Waals surface area (Å²) in [5, 5.41) is 4.37. The predicted octanol–water partition coefficient (Wildman–Crippen LogP) is 6.05. The molecule has 9 nitrogen and oxygen atoms in total. The van der Waals surface area contributed by atoms with E-state index in [0.29, 0.717) is 10.9 Å². The maximum atomic E-state index is 14.4. The average molecular weight is 610 g/mol. The van der Waals surface area contributed by atoms with Crippen LogP contribution in [0.5, 0.6) is 11.5 Å². The highest BCUT2D eigenvalue weighted by Crippen LogP contribution is 2.37. The van der Waals surface area contributed by atoms with Gasteiger partial charge in [0, 0.05) is 23.0 Å². The number of rotatable bonds is 7. The third-order valence-electron chi connectivity index (χ3n) is 5.65. The summed E-state index contributed by atoms with van der Waals surface area (Å²) in [5.41, 5.74) is 6.27. The Hall–Kier alpha value is -4.20. The van der Waals surface area contributed by atoms with Gasteiger partial charge in [0.05, 0.1) is 39.4 Å². The number of nitrogens with zero attached hydrogens (tertiary/aromatic N) is 2. The Morgan fingerprint density at radius 1 is 1.07 bits per heavy atom. The molecule has 5 rings (SSSR count). The third-order valence-corrected chi connectivity index (χ3v) is 6.81. The number of fused-ring (bicyclic) bond motifs is 1. The number of anilines is 2. The second-order valence-electron chi connectivity index (χ2n) is 8.55. The number of halogens is 5. The van der Waals surface area contributed by atoms with E-state index in [9.17, 15) is 26.4 Å². The van der Waals surface area contributed by atoms with Crippen molar-refractivity contribution in [2.75, 3.05) is 16.7 Å². The molecule has 0 amide bonds. The molecule has 0 aliphatic heterocycles. The number of hydrogen-bond donors (Lipinski definition) is 3. The molecule has 0 saturated heterocycles. The Balaban J connectivity index is 1.46. The molecular weight excluding hydrogens is 594 g/mol. The van der Waals surface area contributed by atoms with Gasteiger partial charge in [-0.25, -0.2) is 21.9 Å². The topological polar surface area (TPSA) is 132 Å². The number of sulfonamides is 1. The van der Waals surface area contributed by atoms with Crippen LogP contribution in [0.4, 0.5) is 24.7 Å². The number of ketones is 1. The van der Waals surface area contributed by atoms with Gasteiger partial charge in [-0.1, -0.05) is 29.3 Å². The van der Waals surface area contributed by atoms with Gasteiger partial charge in [-0.15, -0.1) is 0 Å². The van der Waals surface area contributed by atoms with E-state index >= 15 is 0 Å². The summed E-state index contributed by atoms with van der Waals surface area (Å²) in [7, 11) is -3.74. The number of aromatic nitrogens is 3. The standard InChI is InChI=1S/C25H16Cl2F3N5O4S/c1-40(37,38)34-19-9-18-11(5-17(19)29)6-20(33-18)24(36)13-10-32-35(25(13)31)23-14(26)7-12(8-15(23)27)39-21-4-2-3-16(28)22(21)30/h2-10,33-34H,31H2,1H3. The van der Waals surface area contributed by atoms with Crippen LogP contribution in [0.2, 0.25) is 10.0 Å². The second-order valence-corrected chi connectivity index (χ2v) is 11.1. The van der Waals surface area contributed by atoms with Crippen LogP contribution >= 0.6 is 23.2 Å². The zero-order chi connectivity index (χ0) is 28.9. The Morgan fingerprint density at radius 3 is 2.45 bits per heavy atom. The van der Waals surface area contributed by atoms with E-state index in [0.717, 1.165) is 23.1 Å². The number of ether oxygens (including phenoxy) is 1. The van der Waals surface area contributed by atoms with Crippen molar-refractivity contribution < 1.29 is 31.1 Å². The Labute approximate surface area is 234 Å². The molecule has 0 aliphatic rings. The van der Waals surface area contributed by atoms with Gasteiger partial charge < -0.3 is 15.5 Å². The molecule has 0 fully saturated rings. The van der Waals surface area contributed by atoms with Crippen LogP contribution in [0.3, 0.4) is 0 Å². The summed E-state index contributed by atoms with van der Waals surface area (Å²) < 4.78 is 73.4. The number of carbonyl (C=O) groups is 1. The zero-order valence-corrected chi connectivity index (χ0v) is 22.4. The highest BCUT2D eigenvalue weighted by molar-refractivity contribution is 7.92. The number of nitrogens with one attached hydrogen (secondary N) is 2. The molecule has 0 atom stereocenters. The highest BCUT2D eigenvalue weighted by Gasteiger charge is 2.23. The molecular formula is C25H16Cl2F3N5O4S. The van der Waals surface area contributed by atoms with Crippen molar-refractivity contribution in [3.05, 3.63) is 93.5 Å². The van der Waals surface area contributed by atoms with Crippen molar-refractivity contribution in [2.45, 2.75) is 0 Å². The number of nitrogen functional groups attached to an aromatic ring is 1. The van der Waals surface area contributed by atoms with Crippen LogP contribution in [0.15, 0.2) is 54.7 Å². The first-order valence-electron chi connectivity index (χ1n) is 11.1. The average Bonchev–Trinajstić information content (AvgIpc) is 3.44. The number of H-pyrrole nitrogens is 1. The van der Waals surface area contributed by atoms with Crippen molar-refractivity contribution in [1.29, 1.82) is 0 Å².